The third kappa shape index (κ3) is 2.90. The fraction of sp³-hybridized carbons (Fsp3) is 0. The number of rotatable bonds is 2. The zero-order chi connectivity index (χ0) is 12.3. The molecule has 0 aromatic carbocycles. The van der Waals surface area contributed by atoms with Crippen molar-refractivity contribution in [1.82, 2.24) is 9.97 Å². The molecular formula is C11H8IN3O2. The van der Waals surface area contributed by atoms with E-state index in [1.54, 1.807) is 18.5 Å². The maximum atomic E-state index is 11.8. The van der Waals surface area contributed by atoms with E-state index in [2.05, 4.69) is 37.9 Å². The van der Waals surface area contributed by atoms with Crippen LogP contribution in [-0.4, -0.2) is 21.0 Å². The van der Waals surface area contributed by atoms with Crippen molar-refractivity contribution in [2.75, 3.05) is 5.32 Å². The number of hydrogen-bond acceptors (Lipinski definition) is 4. The van der Waals surface area contributed by atoms with Gasteiger partial charge < -0.3 is 10.4 Å². The summed E-state index contributed by atoms with van der Waals surface area (Å²) in [6.45, 7) is 0. The summed E-state index contributed by atoms with van der Waals surface area (Å²) in [7, 11) is 0. The Balaban J connectivity index is 2.20. The standard InChI is InChI=1S/C11H8IN3O2/c12-9-6-13-2-1-10(9)15-11(17)7-3-8(16)5-14-4-7/h1-6,16H,(H,13,15,17). The summed E-state index contributed by atoms with van der Waals surface area (Å²) in [5.41, 5.74) is 0.978. The second kappa shape index (κ2) is 5.09. The van der Waals surface area contributed by atoms with Gasteiger partial charge in [-0.3, -0.25) is 14.8 Å². The zero-order valence-electron chi connectivity index (χ0n) is 8.59. The first-order valence-electron chi connectivity index (χ1n) is 4.71. The van der Waals surface area contributed by atoms with Crippen LogP contribution >= 0.6 is 22.6 Å². The third-order valence-electron chi connectivity index (χ3n) is 2.01. The van der Waals surface area contributed by atoms with E-state index >= 15 is 0 Å². The van der Waals surface area contributed by atoms with Gasteiger partial charge in [0.05, 0.1) is 21.0 Å². The normalized spacial score (nSPS) is 9.94. The van der Waals surface area contributed by atoms with Crippen LogP contribution in [0.25, 0.3) is 0 Å². The smallest absolute Gasteiger partial charge is 0.257 e. The van der Waals surface area contributed by atoms with Crippen LogP contribution in [-0.2, 0) is 0 Å². The summed E-state index contributed by atoms with van der Waals surface area (Å²) in [6.07, 6.45) is 5.91. The molecule has 0 spiro atoms. The van der Waals surface area contributed by atoms with Crippen LogP contribution in [0.15, 0.2) is 36.9 Å². The molecule has 17 heavy (non-hydrogen) atoms. The van der Waals surface area contributed by atoms with Crippen molar-refractivity contribution < 1.29 is 9.90 Å². The Labute approximate surface area is 111 Å². The molecule has 5 nitrogen and oxygen atoms in total. The average Bonchev–Trinajstić information content (AvgIpc) is 2.32. The number of anilines is 1. The van der Waals surface area contributed by atoms with E-state index in [0.717, 1.165) is 3.57 Å². The van der Waals surface area contributed by atoms with Crippen molar-refractivity contribution in [2.45, 2.75) is 0 Å². The molecule has 0 radical (unpaired) electrons. The van der Waals surface area contributed by atoms with Crippen LogP contribution in [0.3, 0.4) is 0 Å². The van der Waals surface area contributed by atoms with Gasteiger partial charge in [0.2, 0.25) is 0 Å². The summed E-state index contributed by atoms with van der Waals surface area (Å²) in [5, 5.41) is 11.9. The van der Waals surface area contributed by atoms with Gasteiger partial charge in [0.15, 0.2) is 0 Å². The second-order valence-corrected chi connectivity index (χ2v) is 4.40. The molecule has 0 saturated carbocycles. The van der Waals surface area contributed by atoms with Crippen LogP contribution in [0.1, 0.15) is 10.4 Å². The summed E-state index contributed by atoms with van der Waals surface area (Å²) in [6, 6.07) is 3.06. The molecule has 2 heterocycles. The van der Waals surface area contributed by atoms with Gasteiger partial charge in [-0.05, 0) is 34.7 Å². The lowest BCUT2D eigenvalue weighted by Gasteiger charge is -2.06. The lowest BCUT2D eigenvalue weighted by atomic mass is 10.2. The van der Waals surface area contributed by atoms with E-state index < -0.39 is 0 Å². The van der Waals surface area contributed by atoms with Gasteiger partial charge in [-0.25, -0.2) is 0 Å². The minimum Gasteiger partial charge on any atom is -0.506 e. The Morgan fingerprint density at radius 2 is 2.12 bits per heavy atom. The summed E-state index contributed by atoms with van der Waals surface area (Å²) in [5.74, 6) is -0.361. The van der Waals surface area contributed by atoms with Crippen molar-refractivity contribution >= 4 is 34.2 Å². The highest BCUT2D eigenvalue weighted by molar-refractivity contribution is 14.1. The maximum absolute atomic E-state index is 11.8. The molecule has 0 unspecified atom stereocenters. The summed E-state index contributed by atoms with van der Waals surface area (Å²) in [4.78, 5) is 19.5. The summed E-state index contributed by atoms with van der Waals surface area (Å²) >= 11 is 2.08. The number of aromatic hydroxyl groups is 1. The van der Waals surface area contributed by atoms with Crippen LogP contribution in [0.5, 0.6) is 5.75 Å². The molecule has 0 saturated heterocycles. The second-order valence-electron chi connectivity index (χ2n) is 3.24. The highest BCUT2D eigenvalue weighted by Crippen LogP contribution is 2.17. The molecule has 2 aromatic heterocycles. The molecule has 0 aliphatic carbocycles. The molecule has 0 aliphatic heterocycles. The zero-order valence-corrected chi connectivity index (χ0v) is 10.7. The number of pyridine rings is 2. The Kier molecular flexibility index (Phi) is 3.52. The Morgan fingerprint density at radius 1 is 1.29 bits per heavy atom. The fourth-order valence-corrected chi connectivity index (χ4v) is 1.70. The topological polar surface area (TPSA) is 75.1 Å². The van der Waals surface area contributed by atoms with E-state index in [0.29, 0.717) is 11.3 Å². The molecule has 0 atom stereocenters. The maximum Gasteiger partial charge on any atom is 0.257 e. The first-order chi connectivity index (χ1) is 8.16. The van der Waals surface area contributed by atoms with Gasteiger partial charge in [0.25, 0.3) is 5.91 Å². The molecule has 0 aliphatic rings. The van der Waals surface area contributed by atoms with Crippen molar-refractivity contribution in [3.63, 3.8) is 0 Å². The number of halogens is 1. The third-order valence-corrected chi connectivity index (χ3v) is 2.87. The molecule has 0 fully saturated rings. The van der Waals surface area contributed by atoms with Gasteiger partial charge in [-0.1, -0.05) is 0 Å². The predicted molar refractivity (Wildman–Crippen MR) is 70.8 cm³/mol. The monoisotopic (exact) mass is 341 g/mol. The van der Waals surface area contributed by atoms with Crippen molar-refractivity contribution in [1.29, 1.82) is 0 Å². The largest absolute Gasteiger partial charge is 0.506 e. The number of aromatic nitrogens is 2. The molecule has 86 valence electrons. The highest BCUT2D eigenvalue weighted by Gasteiger charge is 2.08. The van der Waals surface area contributed by atoms with E-state index in [1.807, 2.05) is 0 Å². The van der Waals surface area contributed by atoms with Gasteiger partial charge >= 0.3 is 0 Å². The molecule has 2 N–H and O–H groups in total. The molecule has 0 bridgehead atoms. The molecule has 2 rings (SSSR count). The highest BCUT2D eigenvalue weighted by atomic mass is 127. The quantitative estimate of drug-likeness (QED) is 0.820. The van der Waals surface area contributed by atoms with Crippen molar-refractivity contribution in [3.8, 4) is 5.75 Å². The Bertz CT molecular complexity index is 560. The number of hydrogen-bond donors (Lipinski definition) is 2. The number of carbonyl (C=O) groups excluding carboxylic acids is 1. The number of nitrogens with zero attached hydrogens (tertiary/aromatic N) is 2. The van der Waals surface area contributed by atoms with Gasteiger partial charge in [0.1, 0.15) is 5.75 Å². The molecule has 2 aromatic rings. The Morgan fingerprint density at radius 3 is 2.82 bits per heavy atom. The number of amides is 1. The van der Waals surface area contributed by atoms with Gasteiger partial charge in [-0.15, -0.1) is 0 Å². The van der Waals surface area contributed by atoms with E-state index in [1.165, 1.54) is 18.5 Å². The number of carbonyl (C=O) groups is 1. The predicted octanol–water partition coefficient (Wildman–Crippen LogP) is 2.04. The van der Waals surface area contributed by atoms with Crippen LogP contribution in [0.4, 0.5) is 5.69 Å². The molecule has 1 amide bonds. The lowest BCUT2D eigenvalue weighted by molar-refractivity contribution is 0.102. The van der Waals surface area contributed by atoms with Gasteiger partial charge in [0, 0.05) is 18.6 Å². The fourth-order valence-electron chi connectivity index (χ4n) is 1.22. The first kappa shape index (κ1) is 11.8. The summed E-state index contributed by atoms with van der Waals surface area (Å²) < 4.78 is 0.839. The van der Waals surface area contributed by atoms with E-state index in [4.69, 9.17) is 0 Å². The van der Waals surface area contributed by atoms with Gasteiger partial charge in [-0.2, -0.15) is 0 Å². The van der Waals surface area contributed by atoms with Crippen LogP contribution in [0, 0.1) is 3.57 Å². The van der Waals surface area contributed by atoms with Crippen molar-refractivity contribution in [2.24, 2.45) is 0 Å². The first-order valence-corrected chi connectivity index (χ1v) is 5.79. The Hall–Kier alpha value is -1.70. The SMILES string of the molecule is O=C(Nc1ccncc1I)c1cncc(O)c1. The molecular weight excluding hydrogens is 333 g/mol. The minimum absolute atomic E-state index is 0.0397. The van der Waals surface area contributed by atoms with E-state index in [9.17, 15) is 9.90 Å². The van der Waals surface area contributed by atoms with Crippen LogP contribution < -0.4 is 5.32 Å². The average molecular weight is 341 g/mol. The molecule has 6 heteroatoms. The van der Waals surface area contributed by atoms with Crippen molar-refractivity contribution in [3.05, 3.63) is 46.1 Å². The van der Waals surface area contributed by atoms with E-state index in [-0.39, 0.29) is 11.7 Å². The number of nitrogens with one attached hydrogen (secondary N) is 1. The minimum atomic E-state index is -0.322. The van der Waals surface area contributed by atoms with Crippen LogP contribution in [0.2, 0.25) is 0 Å². The lowest BCUT2D eigenvalue weighted by Crippen LogP contribution is -2.13.